The first-order valence-corrected chi connectivity index (χ1v) is 11.5. The SMILES string of the molecule is O=C(COc1ccc2c(c1)CCC(=O)N2)Nc1ccc(Cl)c(-c2nnc3n2CCCCC3)c1. The van der Waals surface area contributed by atoms with Gasteiger partial charge in [-0.2, -0.15) is 0 Å². The maximum absolute atomic E-state index is 12.5. The van der Waals surface area contributed by atoms with E-state index in [-0.39, 0.29) is 18.4 Å². The Morgan fingerprint density at radius 3 is 2.91 bits per heavy atom. The third kappa shape index (κ3) is 4.71. The Balaban J connectivity index is 1.26. The minimum Gasteiger partial charge on any atom is -0.484 e. The molecule has 5 rings (SSSR count). The number of hydrogen-bond acceptors (Lipinski definition) is 5. The predicted octanol–water partition coefficient (Wildman–Crippen LogP) is 4.23. The van der Waals surface area contributed by atoms with Crippen molar-refractivity contribution in [2.75, 3.05) is 17.2 Å². The highest BCUT2D eigenvalue weighted by Crippen LogP contribution is 2.31. The Kier molecular flexibility index (Phi) is 6.00. The molecule has 0 radical (unpaired) electrons. The zero-order valence-electron chi connectivity index (χ0n) is 18.1. The van der Waals surface area contributed by atoms with Gasteiger partial charge in [-0.05, 0) is 61.2 Å². The van der Waals surface area contributed by atoms with Crippen LogP contribution in [0.1, 0.15) is 37.1 Å². The molecule has 9 heteroatoms. The minimum atomic E-state index is -0.283. The summed E-state index contributed by atoms with van der Waals surface area (Å²) in [6.45, 7) is 0.728. The summed E-state index contributed by atoms with van der Waals surface area (Å²) in [4.78, 5) is 24.0. The predicted molar refractivity (Wildman–Crippen MR) is 126 cm³/mol. The first-order valence-electron chi connectivity index (χ1n) is 11.1. The second-order valence-corrected chi connectivity index (χ2v) is 8.71. The summed E-state index contributed by atoms with van der Waals surface area (Å²) in [6, 6.07) is 10.7. The summed E-state index contributed by atoms with van der Waals surface area (Å²) in [5.74, 6) is 2.02. The fourth-order valence-corrected chi connectivity index (χ4v) is 4.46. The van der Waals surface area contributed by atoms with E-state index in [4.69, 9.17) is 16.3 Å². The van der Waals surface area contributed by atoms with E-state index in [9.17, 15) is 9.59 Å². The number of amides is 2. The van der Waals surface area contributed by atoms with Crippen molar-refractivity contribution in [3.63, 3.8) is 0 Å². The molecule has 8 nitrogen and oxygen atoms in total. The lowest BCUT2D eigenvalue weighted by atomic mass is 10.0. The van der Waals surface area contributed by atoms with Crippen molar-refractivity contribution < 1.29 is 14.3 Å². The van der Waals surface area contributed by atoms with Gasteiger partial charge in [0.1, 0.15) is 11.6 Å². The Hall–Kier alpha value is -3.39. The van der Waals surface area contributed by atoms with E-state index in [1.165, 1.54) is 6.42 Å². The van der Waals surface area contributed by atoms with Crippen LogP contribution in [0.5, 0.6) is 5.75 Å². The summed E-state index contributed by atoms with van der Waals surface area (Å²) in [7, 11) is 0. The van der Waals surface area contributed by atoms with Crippen LogP contribution in [-0.4, -0.2) is 33.2 Å². The number of ether oxygens (including phenoxy) is 1. The molecule has 3 aromatic rings. The van der Waals surface area contributed by atoms with Crippen molar-refractivity contribution in [3.8, 4) is 17.1 Å². The Morgan fingerprint density at radius 1 is 1.09 bits per heavy atom. The van der Waals surface area contributed by atoms with Gasteiger partial charge < -0.3 is 19.9 Å². The molecule has 2 amide bonds. The lowest BCUT2D eigenvalue weighted by molar-refractivity contribution is -0.118. The number of benzene rings is 2. The average molecular weight is 466 g/mol. The molecular formula is C24H24ClN5O3. The van der Waals surface area contributed by atoms with Crippen LogP contribution < -0.4 is 15.4 Å². The molecule has 0 saturated heterocycles. The van der Waals surface area contributed by atoms with Gasteiger partial charge >= 0.3 is 0 Å². The molecule has 0 spiro atoms. The zero-order valence-corrected chi connectivity index (χ0v) is 18.8. The van der Waals surface area contributed by atoms with E-state index in [1.807, 2.05) is 12.1 Å². The average Bonchev–Trinajstić information content (AvgIpc) is 3.06. The number of anilines is 2. The molecule has 0 aliphatic carbocycles. The minimum absolute atomic E-state index is 0.0140. The van der Waals surface area contributed by atoms with Gasteiger partial charge in [0.25, 0.3) is 5.91 Å². The maximum Gasteiger partial charge on any atom is 0.262 e. The summed E-state index contributed by atoms with van der Waals surface area (Å²) in [6.07, 6.45) is 5.38. The van der Waals surface area contributed by atoms with Crippen molar-refractivity contribution in [1.29, 1.82) is 0 Å². The van der Waals surface area contributed by atoms with E-state index in [0.29, 0.717) is 29.3 Å². The molecular weight excluding hydrogens is 442 g/mol. The van der Waals surface area contributed by atoms with E-state index in [2.05, 4.69) is 25.4 Å². The number of aromatic nitrogens is 3. The smallest absolute Gasteiger partial charge is 0.262 e. The van der Waals surface area contributed by atoms with Gasteiger partial charge in [-0.15, -0.1) is 10.2 Å². The molecule has 0 atom stereocenters. The van der Waals surface area contributed by atoms with Gasteiger partial charge in [-0.3, -0.25) is 9.59 Å². The molecule has 0 bridgehead atoms. The van der Waals surface area contributed by atoms with Gasteiger partial charge in [-0.1, -0.05) is 18.0 Å². The summed E-state index contributed by atoms with van der Waals surface area (Å²) >= 11 is 6.47. The first kappa shape index (κ1) is 21.5. The number of aryl methyl sites for hydroxylation is 2. The van der Waals surface area contributed by atoms with Gasteiger partial charge in [-0.25, -0.2) is 0 Å². The highest BCUT2D eigenvalue weighted by molar-refractivity contribution is 6.33. The third-order valence-corrected chi connectivity index (χ3v) is 6.27. The van der Waals surface area contributed by atoms with Crippen LogP contribution in [0.2, 0.25) is 5.02 Å². The molecule has 0 fully saturated rings. The third-order valence-electron chi connectivity index (χ3n) is 5.94. The van der Waals surface area contributed by atoms with Gasteiger partial charge in [0.05, 0.1) is 5.02 Å². The van der Waals surface area contributed by atoms with Crippen LogP contribution in [0.3, 0.4) is 0 Å². The van der Waals surface area contributed by atoms with Crippen LogP contribution in [0.15, 0.2) is 36.4 Å². The van der Waals surface area contributed by atoms with Crippen LogP contribution in [0.25, 0.3) is 11.4 Å². The normalized spacial score (nSPS) is 15.1. The number of fused-ring (bicyclic) bond motifs is 2. The van der Waals surface area contributed by atoms with E-state index >= 15 is 0 Å². The molecule has 2 aromatic carbocycles. The Morgan fingerprint density at radius 2 is 2.00 bits per heavy atom. The standard InChI is InChI=1S/C24H24ClN5O3/c25-19-8-6-16(13-18(19)24-29-28-21-4-2-1-3-11-30(21)24)26-23(32)14-33-17-7-9-20-15(12-17)5-10-22(31)27-20/h6-9,12-13H,1-5,10-11,14H2,(H,26,32)(H,27,31). The number of nitrogens with zero attached hydrogens (tertiary/aromatic N) is 3. The number of halogens is 1. The number of nitrogens with one attached hydrogen (secondary N) is 2. The quantitative estimate of drug-likeness (QED) is 0.587. The van der Waals surface area contributed by atoms with E-state index < -0.39 is 0 Å². The summed E-state index contributed by atoms with van der Waals surface area (Å²) < 4.78 is 7.80. The number of carbonyl (C=O) groups is 2. The van der Waals surface area contributed by atoms with Gasteiger partial charge in [0.2, 0.25) is 5.91 Å². The zero-order chi connectivity index (χ0) is 22.8. The fraction of sp³-hybridized carbons (Fsp3) is 0.333. The highest BCUT2D eigenvalue weighted by Gasteiger charge is 2.19. The molecule has 33 heavy (non-hydrogen) atoms. The molecule has 2 N–H and O–H groups in total. The fourth-order valence-electron chi connectivity index (χ4n) is 4.25. The number of hydrogen-bond donors (Lipinski definition) is 2. The van der Waals surface area contributed by atoms with Crippen molar-refractivity contribution >= 4 is 34.8 Å². The number of carbonyl (C=O) groups excluding carboxylic acids is 2. The molecule has 0 saturated carbocycles. The number of rotatable bonds is 5. The monoisotopic (exact) mass is 465 g/mol. The second-order valence-electron chi connectivity index (χ2n) is 8.30. The van der Waals surface area contributed by atoms with Gasteiger partial charge in [0, 0.05) is 36.3 Å². The Bertz CT molecular complexity index is 1220. The first-order chi connectivity index (χ1) is 16.1. The van der Waals surface area contributed by atoms with Crippen LogP contribution in [0, 0.1) is 0 Å². The van der Waals surface area contributed by atoms with E-state index in [0.717, 1.165) is 54.3 Å². The largest absolute Gasteiger partial charge is 0.484 e. The molecule has 2 aliphatic heterocycles. The molecule has 3 heterocycles. The molecule has 0 unspecified atom stereocenters. The van der Waals surface area contributed by atoms with Crippen molar-refractivity contribution in [3.05, 3.63) is 52.8 Å². The molecule has 1 aromatic heterocycles. The van der Waals surface area contributed by atoms with Crippen molar-refractivity contribution in [2.24, 2.45) is 0 Å². The lowest BCUT2D eigenvalue weighted by Crippen LogP contribution is -2.21. The van der Waals surface area contributed by atoms with Crippen LogP contribution in [0.4, 0.5) is 11.4 Å². The second kappa shape index (κ2) is 9.23. The molecule has 2 aliphatic rings. The van der Waals surface area contributed by atoms with Crippen molar-refractivity contribution in [2.45, 2.75) is 45.1 Å². The molecule has 170 valence electrons. The lowest BCUT2D eigenvalue weighted by Gasteiger charge is -2.17. The van der Waals surface area contributed by atoms with Crippen molar-refractivity contribution in [1.82, 2.24) is 14.8 Å². The van der Waals surface area contributed by atoms with E-state index in [1.54, 1.807) is 24.3 Å². The van der Waals surface area contributed by atoms with Gasteiger partial charge in [0.15, 0.2) is 12.4 Å². The highest BCUT2D eigenvalue weighted by atomic mass is 35.5. The Labute approximate surface area is 196 Å². The summed E-state index contributed by atoms with van der Waals surface area (Å²) in [5, 5.41) is 15.0. The summed E-state index contributed by atoms with van der Waals surface area (Å²) in [5.41, 5.74) is 3.15. The maximum atomic E-state index is 12.5. The van der Waals surface area contributed by atoms with Crippen LogP contribution in [-0.2, 0) is 29.0 Å². The topological polar surface area (TPSA) is 98.1 Å². The van der Waals surface area contributed by atoms with Crippen LogP contribution >= 0.6 is 11.6 Å².